The molecule has 0 saturated heterocycles. The number of para-hydroxylation sites is 2. The zero-order valence-corrected chi connectivity index (χ0v) is 18.0. The summed E-state index contributed by atoms with van der Waals surface area (Å²) in [7, 11) is 0. The van der Waals surface area contributed by atoms with Crippen LogP contribution in [0.15, 0.2) is 48.5 Å². The molecule has 3 rings (SSSR count). The van der Waals surface area contributed by atoms with Crippen molar-refractivity contribution >= 4 is 17.5 Å². The highest BCUT2D eigenvalue weighted by atomic mass is 16.5. The fraction of sp³-hybridized carbons (Fsp3) is 0.417. The van der Waals surface area contributed by atoms with E-state index in [4.69, 9.17) is 4.74 Å². The molecule has 1 aliphatic rings. The Kier molecular flexibility index (Phi) is 7.46. The van der Waals surface area contributed by atoms with Crippen LogP contribution in [0.2, 0.25) is 0 Å². The molecule has 1 heterocycles. The van der Waals surface area contributed by atoms with Crippen LogP contribution in [-0.4, -0.2) is 42.5 Å². The lowest BCUT2D eigenvalue weighted by Gasteiger charge is -2.31. The third-order valence-electron chi connectivity index (χ3n) is 5.48. The Labute approximate surface area is 178 Å². The van der Waals surface area contributed by atoms with Crippen molar-refractivity contribution in [3.8, 4) is 5.75 Å². The predicted molar refractivity (Wildman–Crippen MR) is 119 cm³/mol. The maximum Gasteiger partial charge on any atom is 0.238 e. The fourth-order valence-corrected chi connectivity index (χ4v) is 3.73. The van der Waals surface area contributed by atoms with Crippen molar-refractivity contribution in [3.63, 3.8) is 0 Å². The van der Waals surface area contributed by atoms with Gasteiger partial charge < -0.3 is 15.4 Å². The number of fused-ring (bicyclic) bond motifs is 1. The highest BCUT2D eigenvalue weighted by Crippen LogP contribution is 2.31. The molecule has 0 radical (unpaired) electrons. The first-order chi connectivity index (χ1) is 14.5. The lowest BCUT2D eigenvalue weighted by atomic mass is 10.00. The van der Waals surface area contributed by atoms with E-state index < -0.39 is 6.04 Å². The van der Waals surface area contributed by atoms with Crippen LogP contribution in [0.25, 0.3) is 0 Å². The van der Waals surface area contributed by atoms with Gasteiger partial charge in [0.1, 0.15) is 5.75 Å². The Morgan fingerprint density at radius 1 is 1.17 bits per heavy atom. The zero-order valence-electron chi connectivity index (χ0n) is 18.0. The number of hydrogen-bond donors (Lipinski definition) is 2. The van der Waals surface area contributed by atoms with Crippen molar-refractivity contribution in [3.05, 3.63) is 59.7 Å². The monoisotopic (exact) mass is 409 g/mol. The number of anilines is 1. The summed E-state index contributed by atoms with van der Waals surface area (Å²) in [6.07, 6.45) is 1.59. The molecule has 0 aliphatic carbocycles. The first-order valence-electron chi connectivity index (χ1n) is 10.6. The molecule has 6 heteroatoms. The average molecular weight is 410 g/mol. The molecule has 0 saturated carbocycles. The average Bonchev–Trinajstić information content (AvgIpc) is 2.75. The largest absolute Gasteiger partial charge is 0.493 e. The Hall–Kier alpha value is -2.86. The SMILES string of the molecule is CCCN(CC(=O)Nc1ccccc1C)C(C)C(=O)NC1CCOc2ccccc21. The predicted octanol–water partition coefficient (Wildman–Crippen LogP) is 3.67. The summed E-state index contributed by atoms with van der Waals surface area (Å²) in [5.74, 6) is 0.632. The maximum absolute atomic E-state index is 13.0. The number of nitrogens with one attached hydrogen (secondary N) is 2. The Morgan fingerprint density at radius 2 is 1.90 bits per heavy atom. The summed E-state index contributed by atoms with van der Waals surface area (Å²) in [5.41, 5.74) is 2.82. The third-order valence-corrected chi connectivity index (χ3v) is 5.48. The van der Waals surface area contributed by atoms with Crippen molar-refractivity contribution < 1.29 is 14.3 Å². The van der Waals surface area contributed by atoms with Crippen LogP contribution in [0.1, 0.15) is 43.9 Å². The summed E-state index contributed by atoms with van der Waals surface area (Å²) in [5, 5.41) is 6.11. The van der Waals surface area contributed by atoms with Gasteiger partial charge in [0.15, 0.2) is 0 Å². The summed E-state index contributed by atoms with van der Waals surface area (Å²) < 4.78 is 5.69. The van der Waals surface area contributed by atoms with Crippen molar-refractivity contribution in [2.24, 2.45) is 0 Å². The van der Waals surface area contributed by atoms with Crippen LogP contribution in [-0.2, 0) is 9.59 Å². The number of ether oxygens (including phenoxy) is 1. The molecule has 1 aliphatic heterocycles. The van der Waals surface area contributed by atoms with E-state index in [0.29, 0.717) is 13.2 Å². The normalized spacial score (nSPS) is 16.3. The van der Waals surface area contributed by atoms with Gasteiger partial charge in [0.2, 0.25) is 11.8 Å². The molecule has 2 atom stereocenters. The summed E-state index contributed by atoms with van der Waals surface area (Å²) in [6.45, 7) is 7.28. The van der Waals surface area contributed by atoms with Crippen LogP contribution in [0.3, 0.4) is 0 Å². The molecular formula is C24H31N3O3. The lowest BCUT2D eigenvalue weighted by molar-refractivity contribution is -0.128. The minimum atomic E-state index is -0.414. The van der Waals surface area contributed by atoms with E-state index in [2.05, 4.69) is 10.6 Å². The van der Waals surface area contributed by atoms with Crippen molar-refractivity contribution in [2.45, 2.75) is 45.7 Å². The van der Waals surface area contributed by atoms with Crippen molar-refractivity contribution in [1.82, 2.24) is 10.2 Å². The van der Waals surface area contributed by atoms with Gasteiger partial charge in [-0.25, -0.2) is 0 Å². The Morgan fingerprint density at radius 3 is 2.67 bits per heavy atom. The number of nitrogens with zero attached hydrogens (tertiary/aromatic N) is 1. The van der Waals surface area contributed by atoms with Crippen LogP contribution < -0.4 is 15.4 Å². The molecule has 0 spiro atoms. The summed E-state index contributed by atoms with van der Waals surface area (Å²) in [4.78, 5) is 27.6. The van der Waals surface area contributed by atoms with Crippen LogP contribution >= 0.6 is 0 Å². The van der Waals surface area contributed by atoms with E-state index >= 15 is 0 Å². The van der Waals surface area contributed by atoms with E-state index in [9.17, 15) is 9.59 Å². The zero-order chi connectivity index (χ0) is 21.5. The molecule has 0 fully saturated rings. The van der Waals surface area contributed by atoms with Gasteiger partial charge >= 0.3 is 0 Å². The maximum atomic E-state index is 13.0. The highest BCUT2D eigenvalue weighted by Gasteiger charge is 2.28. The topological polar surface area (TPSA) is 70.7 Å². The first kappa shape index (κ1) is 21.8. The standard InChI is InChI=1S/C24H31N3O3/c1-4-14-27(16-23(28)25-20-11-7-5-9-17(20)2)18(3)24(29)26-21-13-15-30-22-12-8-6-10-19(21)22/h5-12,18,21H,4,13-16H2,1-3H3,(H,25,28)(H,26,29). The van der Waals surface area contributed by atoms with Gasteiger partial charge in [0.05, 0.1) is 25.2 Å². The number of rotatable bonds is 8. The van der Waals surface area contributed by atoms with Crippen molar-refractivity contribution in [2.75, 3.05) is 25.0 Å². The van der Waals surface area contributed by atoms with E-state index in [1.807, 2.05) is 74.2 Å². The minimum Gasteiger partial charge on any atom is -0.493 e. The first-order valence-corrected chi connectivity index (χ1v) is 10.6. The number of hydrogen-bond acceptors (Lipinski definition) is 4. The van der Waals surface area contributed by atoms with Gasteiger partial charge in [-0.3, -0.25) is 14.5 Å². The summed E-state index contributed by atoms with van der Waals surface area (Å²) >= 11 is 0. The fourth-order valence-electron chi connectivity index (χ4n) is 3.73. The summed E-state index contributed by atoms with van der Waals surface area (Å²) in [6, 6.07) is 15.0. The van der Waals surface area contributed by atoms with Gasteiger partial charge in [-0.1, -0.05) is 43.3 Å². The number of carbonyl (C=O) groups excluding carboxylic acids is 2. The molecule has 0 aromatic heterocycles. The third kappa shape index (κ3) is 5.39. The van der Waals surface area contributed by atoms with Crippen LogP contribution in [0, 0.1) is 6.92 Å². The molecule has 30 heavy (non-hydrogen) atoms. The van der Waals surface area contributed by atoms with E-state index in [1.165, 1.54) is 0 Å². The highest BCUT2D eigenvalue weighted by molar-refractivity contribution is 5.93. The quantitative estimate of drug-likeness (QED) is 0.698. The molecule has 2 amide bonds. The smallest absolute Gasteiger partial charge is 0.238 e. The lowest BCUT2D eigenvalue weighted by Crippen LogP contribution is -2.49. The molecule has 160 valence electrons. The van der Waals surface area contributed by atoms with Gasteiger partial charge in [-0.15, -0.1) is 0 Å². The number of carbonyl (C=O) groups is 2. The van der Waals surface area contributed by atoms with Crippen LogP contribution in [0.5, 0.6) is 5.75 Å². The molecule has 0 bridgehead atoms. The van der Waals surface area contributed by atoms with E-state index in [0.717, 1.165) is 35.4 Å². The molecular weight excluding hydrogens is 378 g/mol. The Balaban J connectivity index is 1.63. The van der Waals surface area contributed by atoms with Crippen molar-refractivity contribution in [1.29, 1.82) is 0 Å². The molecule has 2 N–H and O–H groups in total. The van der Waals surface area contributed by atoms with Gasteiger partial charge in [-0.2, -0.15) is 0 Å². The second-order valence-corrected chi connectivity index (χ2v) is 7.75. The van der Waals surface area contributed by atoms with E-state index in [1.54, 1.807) is 0 Å². The van der Waals surface area contributed by atoms with Crippen LogP contribution in [0.4, 0.5) is 5.69 Å². The molecule has 2 unspecified atom stereocenters. The van der Waals surface area contributed by atoms with E-state index in [-0.39, 0.29) is 24.4 Å². The van der Waals surface area contributed by atoms with Gasteiger partial charge in [0.25, 0.3) is 0 Å². The molecule has 6 nitrogen and oxygen atoms in total. The second-order valence-electron chi connectivity index (χ2n) is 7.75. The molecule has 2 aromatic rings. The van der Waals surface area contributed by atoms with Gasteiger partial charge in [0, 0.05) is 17.7 Å². The minimum absolute atomic E-state index is 0.0748. The number of benzene rings is 2. The molecule has 2 aromatic carbocycles. The Bertz CT molecular complexity index is 884. The van der Waals surface area contributed by atoms with Gasteiger partial charge in [-0.05, 0) is 44.5 Å². The number of aryl methyl sites for hydroxylation is 1. The second kappa shape index (κ2) is 10.3. The number of amides is 2.